The Morgan fingerprint density at radius 3 is 1.94 bits per heavy atom. The second kappa shape index (κ2) is 5.65. The van der Waals surface area contributed by atoms with Gasteiger partial charge in [-0.05, 0) is 38.3 Å². The molecule has 1 aliphatic rings. The lowest BCUT2D eigenvalue weighted by Crippen LogP contribution is -2.32. The Balaban J connectivity index is 2.51. The third-order valence-electron chi connectivity index (χ3n) is 2.68. The molecule has 1 rings (SSSR count). The normalized spacial score (nSPS) is 16.8. The highest BCUT2D eigenvalue weighted by molar-refractivity contribution is 9.14. The van der Waals surface area contributed by atoms with Crippen molar-refractivity contribution in [2.24, 2.45) is 5.41 Å². The van der Waals surface area contributed by atoms with Gasteiger partial charge in [-0.15, -0.1) is 0 Å². The van der Waals surface area contributed by atoms with Crippen LogP contribution >= 0.6 is 31.9 Å². The van der Waals surface area contributed by atoms with Gasteiger partial charge in [-0.25, -0.2) is 0 Å². The largest absolute Gasteiger partial charge is 0.299 e. The first-order valence-electron chi connectivity index (χ1n) is 5.61. The second-order valence-corrected chi connectivity index (χ2v) is 6.75. The van der Waals surface area contributed by atoms with E-state index in [1.807, 2.05) is 20.8 Å². The molecule has 2 amide bonds. The monoisotopic (exact) mass is 379 g/mol. The maximum Gasteiger partial charge on any atom is 0.269 e. The Morgan fingerprint density at radius 1 is 1.11 bits per heavy atom. The van der Waals surface area contributed by atoms with Gasteiger partial charge in [0.25, 0.3) is 11.8 Å². The lowest BCUT2D eigenvalue weighted by molar-refractivity contribution is -0.137. The highest BCUT2D eigenvalue weighted by Crippen LogP contribution is 2.29. The molecule has 0 fully saturated rings. The van der Waals surface area contributed by atoms with Gasteiger partial charge < -0.3 is 0 Å². The molecule has 0 radical (unpaired) electrons. The Bertz CT molecular complexity index is 411. The summed E-state index contributed by atoms with van der Waals surface area (Å²) in [5.41, 5.74) is -0.377. The van der Waals surface area contributed by atoms with Gasteiger partial charge in [0.05, 0.1) is 0 Å². The first-order chi connectivity index (χ1) is 8.16. The predicted molar refractivity (Wildman–Crippen MR) is 75.3 cm³/mol. The maximum atomic E-state index is 11.7. The van der Waals surface area contributed by atoms with Crippen molar-refractivity contribution in [1.29, 1.82) is 0 Å². The second-order valence-electron chi connectivity index (χ2n) is 5.17. The van der Waals surface area contributed by atoms with Crippen molar-refractivity contribution >= 4 is 49.5 Å². The number of ketones is 1. The molecular weight excluding hydrogens is 366 g/mol. The minimum absolute atomic E-state index is 0.132. The van der Waals surface area contributed by atoms with E-state index in [-0.39, 0.29) is 38.5 Å². The quantitative estimate of drug-likeness (QED) is 0.704. The first kappa shape index (κ1) is 15.6. The molecule has 1 heterocycles. The summed E-state index contributed by atoms with van der Waals surface area (Å²) in [6, 6.07) is 0. The van der Waals surface area contributed by atoms with E-state index in [4.69, 9.17) is 0 Å². The molecule has 0 atom stereocenters. The Kier molecular flexibility index (Phi) is 4.89. The molecular formula is C12H15Br2NO3. The maximum absolute atomic E-state index is 11.7. The first-order valence-corrected chi connectivity index (χ1v) is 7.19. The van der Waals surface area contributed by atoms with Crippen molar-refractivity contribution in [3.05, 3.63) is 8.96 Å². The fourth-order valence-electron chi connectivity index (χ4n) is 1.49. The molecule has 1 aliphatic heterocycles. The number of amides is 2. The van der Waals surface area contributed by atoms with Crippen LogP contribution in [0.1, 0.15) is 33.6 Å². The number of halogens is 2. The van der Waals surface area contributed by atoms with E-state index in [0.717, 1.165) is 4.90 Å². The van der Waals surface area contributed by atoms with Gasteiger partial charge in [-0.1, -0.05) is 20.8 Å². The summed E-state index contributed by atoms with van der Waals surface area (Å²) < 4.78 is 0.490. The van der Waals surface area contributed by atoms with Gasteiger partial charge >= 0.3 is 0 Å². The van der Waals surface area contributed by atoms with Gasteiger partial charge in [-0.3, -0.25) is 19.3 Å². The number of imide groups is 1. The summed E-state index contributed by atoms with van der Waals surface area (Å²) in [5.74, 6) is -0.571. The third-order valence-corrected chi connectivity index (χ3v) is 4.68. The predicted octanol–water partition coefficient (Wildman–Crippen LogP) is 2.75. The molecule has 0 aromatic carbocycles. The van der Waals surface area contributed by atoms with Gasteiger partial charge in [0.2, 0.25) is 0 Å². The molecule has 0 saturated carbocycles. The summed E-state index contributed by atoms with van der Waals surface area (Å²) in [5, 5.41) is 0. The number of nitrogens with zero attached hydrogens (tertiary/aromatic N) is 1. The van der Waals surface area contributed by atoms with E-state index in [1.54, 1.807) is 0 Å². The van der Waals surface area contributed by atoms with Crippen LogP contribution in [0.3, 0.4) is 0 Å². The average Bonchev–Trinajstić information content (AvgIpc) is 2.45. The van der Waals surface area contributed by atoms with Crippen molar-refractivity contribution in [3.8, 4) is 0 Å². The summed E-state index contributed by atoms with van der Waals surface area (Å²) in [6.45, 7) is 5.84. The zero-order valence-electron chi connectivity index (χ0n) is 10.5. The third kappa shape index (κ3) is 3.29. The standard InChI is InChI=1S/C12H15Br2NO3/c1-12(2,3)7(16)5-4-6-15-10(17)8(13)9(14)11(15)18/h4-6H2,1-3H3. The lowest BCUT2D eigenvalue weighted by atomic mass is 9.88. The zero-order chi connectivity index (χ0) is 14.1. The van der Waals surface area contributed by atoms with E-state index in [9.17, 15) is 14.4 Å². The fourth-order valence-corrected chi connectivity index (χ4v) is 2.26. The van der Waals surface area contributed by atoms with E-state index < -0.39 is 0 Å². The number of carbonyl (C=O) groups excluding carboxylic acids is 3. The molecule has 0 aromatic rings. The van der Waals surface area contributed by atoms with Crippen LogP contribution in [0.15, 0.2) is 8.96 Å². The summed E-state index contributed by atoms with van der Waals surface area (Å²) in [7, 11) is 0. The van der Waals surface area contributed by atoms with E-state index >= 15 is 0 Å². The Morgan fingerprint density at radius 2 is 1.56 bits per heavy atom. The van der Waals surface area contributed by atoms with Gasteiger partial charge in [0.1, 0.15) is 14.7 Å². The number of hydrogen-bond acceptors (Lipinski definition) is 3. The van der Waals surface area contributed by atoms with Crippen LogP contribution in [0.5, 0.6) is 0 Å². The highest BCUT2D eigenvalue weighted by atomic mass is 79.9. The highest BCUT2D eigenvalue weighted by Gasteiger charge is 2.35. The molecule has 100 valence electrons. The molecule has 0 bridgehead atoms. The minimum Gasteiger partial charge on any atom is -0.299 e. The lowest BCUT2D eigenvalue weighted by Gasteiger charge is -2.18. The van der Waals surface area contributed by atoms with Crippen molar-refractivity contribution in [1.82, 2.24) is 4.90 Å². The van der Waals surface area contributed by atoms with Gasteiger partial charge in [0, 0.05) is 18.4 Å². The van der Waals surface area contributed by atoms with Crippen LogP contribution in [-0.4, -0.2) is 29.0 Å². The zero-order valence-corrected chi connectivity index (χ0v) is 13.7. The number of rotatable bonds is 4. The minimum atomic E-state index is -0.377. The molecule has 0 unspecified atom stereocenters. The number of carbonyl (C=O) groups is 3. The SMILES string of the molecule is CC(C)(C)C(=O)CCCN1C(=O)C(Br)=C(Br)C1=O. The van der Waals surface area contributed by atoms with Crippen LogP contribution in [0.2, 0.25) is 0 Å². The van der Waals surface area contributed by atoms with Gasteiger partial charge in [-0.2, -0.15) is 0 Å². The van der Waals surface area contributed by atoms with E-state index in [0.29, 0.717) is 12.8 Å². The average molecular weight is 381 g/mol. The number of Topliss-reactive ketones (excluding diaryl/α,β-unsaturated/α-hetero) is 1. The van der Waals surface area contributed by atoms with Crippen molar-refractivity contribution in [2.45, 2.75) is 33.6 Å². The topological polar surface area (TPSA) is 54.5 Å². The van der Waals surface area contributed by atoms with Crippen LogP contribution in [0.4, 0.5) is 0 Å². The fraction of sp³-hybridized carbons (Fsp3) is 0.583. The smallest absolute Gasteiger partial charge is 0.269 e. The Hall–Kier alpha value is -0.490. The molecule has 0 aromatic heterocycles. The van der Waals surface area contributed by atoms with E-state index in [1.165, 1.54) is 0 Å². The molecule has 0 aliphatic carbocycles. The van der Waals surface area contributed by atoms with Crippen molar-refractivity contribution in [3.63, 3.8) is 0 Å². The summed E-state index contributed by atoms with van der Waals surface area (Å²) >= 11 is 6.11. The molecule has 18 heavy (non-hydrogen) atoms. The molecule has 0 N–H and O–H groups in total. The molecule has 4 nitrogen and oxygen atoms in total. The molecule has 6 heteroatoms. The van der Waals surface area contributed by atoms with Crippen LogP contribution < -0.4 is 0 Å². The van der Waals surface area contributed by atoms with Crippen LogP contribution in [0, 0.1) is 5.41 Å². The molecule has 0 spiro atoms. The Labute approximate surface area is 123 Å². The van der Waals surface area contributed by atoms with Crippen molar-refractivity contribution < 1.29 is 14.4 Å². The summed E-state index contributed by atoms with van der Waals surface area (Å²) in [6.07, 6.45) is 0.865. The molecule has 0 saturated heterocycles. The van der Waals surface area contributed by atoms with E-state index in [2.05, 4.69) is 31.9 Å². The number of hydrogen-bond donors (Lipinski definition) is 0. The summed E-state index contributed by atoms with van der Waals surface area (Å²) in [4.78, 5) is 36.2. The van der Waals surface area contributed by atoms with Crippen LogP contribution in [0.25, 0.3) is 0 Å². The van der Waals surface area contributed by atoms with Crippen LogP contribution in [-0.2, 0) is 14.4 Å². The van der Waals surface area contributed by atoms with Gasteiger partial charge in [0.15, 0.2) is 0 Å². The van der Waals surface area contributed by atoms with Crippen molar-refractivity contribution in [2.75, 3.05) is 6.54 Å².